The second-order valence-corrected chi connectivity index (χ2v) is 8.31. The van der Waals surface area contributed by atoms with Gasteiger partial charge in [0.25, 0.3) is 0 Å². The number of carboxylic acid groups (broad SMARTS) is 1. The predicted molar refractivity (Wildman–Crippen MR) is 75.2 cm³/mol. The van der Waals surface area contributed by atoms with E-state index < -0.39 is 21.1 Å². The van der Waals surface area contributed by atoms with Crippen LogP contribution in [0.2, 0.25) is 0 Å². The van der Waals surface area contributed by atoms with Gasteiger partial charge in [-0.05, 0) is 26.7 Å². The quantitative estimate of drug-likeness (QED) is 0.833. The number of rotatable bonds is 7. The van der Waals surface area contributed by atoms with Crippen LogP contribution < -0.4 is 0 Å². The zero-order chi connectivity index (χ0) is 14.6. The highest BCUT2D eigenvalue weighted by Gasteiger charge is 2.20. The molecule has 0 amide bonds. The van der Waals surface area contributed by atoms with Crippen molar-refractivity contribution in [2.75, 3.05) is 0 Å². The second-order valence-electron chi connectivity index (χ2n) is 4.58. The first-order chi connectivity index (χ1) is 8.76. The van der Waals surface area contributed by atoms with Crippen molar-refractivity contribution in [2.24, 2.45) is 0 Å². The summed E-state index contributed by atoms with van der Waals surface area (Å²) in [5.41, 5.74) is 0.820. The first-order valence-corrected chi connectivity index (χ1v) is 8.70. The fourth-order valence-electron chi connectivity index (χ4n) is 1.53. The van der Waals surface area contributed by atoms with Crippen molar-refractivity contribution in [2.45, 2.75) is 51.0 Å². The molecule has 1 N–H and O–H groups in total. The van der Waals surface area contributed by atoms with Gasteiger partial charge in [0.1, 0.15) is 10.8 Å². The van der Waals surface area contributed by atoms with Crippen LogP contribution in [0.3, 0.4) is 0 Å². The third-order valence-electron chi connectivity index (χ3n) is 2.77. The molecule has 0 aliphatic heterocycles. The first-order valence-electron chi connectivity index (χ1n) is 6.17. The molecule has 5 nitrogen and oxygen atoms in total. The van der Waals surface area contributed by atoms with E-state index in [1.54, 1.807) is 13.8 Å². The minimum absolute atomic E-state index is 0.0472. The summed E-state index contributed by atoms with van der Waals surface area (Å²) in [5, 5.41) is 8.83. The Morgan fingerprint density at radius 1 is 1.42 bits per heavy atom. The molecular formula is C12H19NO4S2. The smallest absolute Gasteiger partial charge is 0.303 e. The first kappa shape index (κ1) is 16.1. The lowest BCUT2D eigenvalue weighted by molar-refractivity contribution is -0.136. The van der Waals surface area contributed by atoms with E-state index in [2.05, 4.69) is 4.98 Å². The Balaban J connectivity index is 2.90. The van der Waals surface area contributed by atoms with Gasteiger partial charge in [-0.2, -0.15) is 0 Å². The summed E-state index contributed by atoms with van der Waals surface area (Å²) in [7, 11) is -3.16. The molecular weight excluding hydrogens is 286 g/mol. The van der Waals surface area contributed by atoms with Gasteiger partial charge < -0.3 is 5.11 Å². The predicted octanol–water partition coefficient (Wildman–Crippen LogP) is 2.05. The lowest BCUT2D eigenvalue weighted by atomic mass is 10.2. The Hall–Kier alpha value is -0.950. The standard InChI is InChI=1S/C12H19NO4S2/c1-4-9-10(5-6-12(14)15)18-11(13-9)7-19(16,17)8(2)3/h8H,4-7H2,1-3H3,(H,14,15). The van der Waals surface area contributed by atoms with Crippen LogP contribution in [0.1, 0.15) is 42.8 Å². The van der Waals surface area contributed by atoms with Gasteiger partial charge in [-0.1, -0.05) is 6.92 Å². The van der Waals surface area contributed by atoms with Gasteiger partial charge in [-0.25, -0.2) is 13.4 Å². The highest BCUT2D eigenvalue weighted by Crippen LogP contribution is 2.23. The van der Waals surface area contributed by atoms with Gasteiger partial charge in [0.05, 0.1) is 17.4 Å². The van der Waals surface area contributed by atoms with Crippen molar-refractivity contribution >= 4 is 27.1 Å². The van der Waals surface area contributed by atoms with Crippen LogP contribution in [0.15, 0.2) is 0 Å². The largest absolute Gasteiger partial charge is 0.481 e. The fraction of sp³-hybridized carbons (Fsp3) is 0.667. The highest BCUT2D eigenvalue weighted by molar-refractivity contribution is 7.91. The van der Waals surface area contributed by atoms with E-state index in [0.717, 1.165) is 10.6 Å². The third kappa shape index (κ3) is 4.58. The van der Waals surface area contributed by atoms with Gasteiger partial charge in [0.2, 0.25) is 0 Å². The van der Waals surface area contributed by atoms with Crippen LogP contribution >= 0.6 is 11.3 Å². The average molecular weight is 305 g/mol. The number of nitrogens with zero attached hydrogens (tertiary/aromatic N) is 1. The molecule has 0 saturated carbocycles. The van der Waals surface area contributed by atoms with Gasteiger partial charge in [0.15, 0.2) is 9.84 Å². The van der Waals surface area contributed by atoms with Crippen molar-refractivity contribution < 1.29 is 18.3 Å². The molecule has 19 heavy (non-hydrogen) atoms. The molecule has 0 bridgehead atoms. The fourth-order valence-corrected chi connectivity index (χ4v) is 3.95. The monoisotopic (exact) mass is 305 g/mol. The number of carbonyl (C=O) groups is 1. The van der Waals surface area contributed by atoms with Crippen LogP contribution in [0, 0.1) is 0 Å². The normalized spacial score (nSPS) is 12.0. The zero-order valence-corrected chi connectivity index (χ0v) is 13.0. The van der Waals surface area contributed by atoms with Crippen molar-refractivity contribution in [1.29, 1.82) is 0 Å². The van der Waals surface area contributed by atoms with Gasteiger partial charge in [-0.15, -0.1) is 11.3 Å². The van der Waals surface area contributed by atoms with E-state index in [0.29, 0.717) is 17.8 Å². The Kier molecular flexibility index (Phi) is 5.49. The molecule has 0 aliphatic carbocycles. The van der Waals surface area contributed by atoms with Crippen molar-refractivity contribution in [1.82, 2.24) is 4.98 Å². The molecule has 1 aromatic heterocycles. The van der Waals surface area contributed by atoms with Gasteiger partial charge in [0, 0.05) is 4.88 Å². The Morgan fingerprint density at radius 2 is 2.05 bits per heavy atom. The summed E-state index contributed by atoms with van der Waals surface area (Å²) in [6.07, 6.45) is 1.15. The van der Waals surface area contributed by atoms with Gasteiger partial charge >= 0.3 is 5.97 Å². The van der Waals surface area contributed by atoms with Crippen LogP contribution in [-0.4, -0.2) is 29.7 Å². The molecule has 0 aliphatic rings. The Bertz CT molecular complexity index is 546. The lowest BCUT2D eigenvalue weighted by Crippen LogP contribution is -2.15. The van der Waals surface area contributed by atoms with E-state index in [4.69, 9.17) is 5.11 Å². The molecule has 0 unspecified atom stereocenters. The number of aryl methyl sites for hydroxylation is 2. The molecule has 0 atom stereocenters. The maximum atomic E-state index is 11.8. The Morgan fingerprint density at radius 3 is 2.53 bits per heavy atom. The lowest BCUT2D eigenvalue weighted by Gasteiger charge is -2.04. The number of carboxylic acids is 1. The van der Waals surface area contributed by atoms with Gasteiger partial charge in [-0.3, -0.25) is 4.79 Å². The molecule has 7 heteroatoms. The number of sulfone groups is 1. The number of hydrogen-bond donors (Lipinski definition) is 1. The molecule has 0 saturated heterocycles. The molecule has 0 spiro atoms. The van der Waals surface area contributed by atoms with E-state index in [-0.39, 0.29) is 12.2 Å². The highest BCUT2D eigenvalue weighted by atomic mass is 32.2. The number of thiazole rings is 1. The van der Waals surface area contributed by atoms with Crippen LogP contribution in [0.4, 0.5) is 0 Å². The van der Waals surface area contributed by atoms with Crippen molar-refractivity contribution in [3.05, 3.63) is 15.6 Å². The molecule has 0 radical (unpaired) electrons. The topological polar surface area (TPSA) is 84.3 Å². The van der Waals surface area contributed by atoms with E-state index in [1.165, 1.54) is 11.3 Å². The van der Waals surface area contributed by atoms with Crippen LogP contribution in [-0.2, 0) is 33.2 Å². The van der Waals surface area contributed by atoms with Crippen molar-refractivity contribution in [3.8, 4) is 0 Å². The molecule has 1 aromatic rings. The Labute approximate surface area is 117 Å². The minimum Gasteiger partial charge on any atom is -0.481 e. The SMILES string of the molecule is CCc1nc(CS(=O)(=O)C(C)C)sc1CCC(=O)O. The van der Waals surface area contributed by atoms with E-state index >= 15 is 0 Å². The maximum absolute atomic E-state index is 11.8. The van der Waals surface area contributed by atoms with Crippen LogP contribution in [0.5, 0.6) is 0 Å². The molecule has 0 fully saturated rings. The molecule has 108 valence electrons. The summed E-state index contributed by atoms with van der Waals surface area (Å²) in [4.78, 5) is 15.8. The number of aliphatic carboxylic acids is 1. The zero-order valence-electron chi connectivity index (χ0n) is 11.3. The second kappa shape index (κ2) is 6.47. The summed E-state index contributed by atoms with van der Waals surface area (Å²) in [6, 6.07) is 0. The molecule has 1 rings (SSSR count). The summed E-state index contributed by atoms with van der Waals surface area (Å²) in [6.45, 7) is 5.23. The molecule has 1 heterocycles. The van der Waals surface area contributed by atoms with E-state index in [1.807, 2.05) is 6.92 Å². The van der Waals surface area contributed by atoms with Crippen LogP contribution in [0.25, 0.3) is 0 Å². The number of aromatic nitrogens is 1. The minimum atomic E-state index is -3.16. The van der Waals surface area contributed by atoms with Crippen molar-refractivity contribution in [3.63, 3.8) is 0 Å². The summed E-state index contributed by atoms with van der Waals surface area (Å²) >= 11 is 1.32. The number of hydrogen-bond acceptors (Lipinski definition) is 5. The maximum Gasteiger partial charge on any atom is 0.303 e. The van der Waals surface area contributed by atoms with E-state index in [9.17, 15) is 13.2 Å². The third-order valence-corrected chi connectivity index (χ3v) is 6.22. The summed E-state index contributed by atoms with van der Waals surface area (Å²) < 4.78 is 23.7. The molecule has 0 aromatic carbocycles. The summed E-state index contributed by atoms with van der Waals surface area (Å²) in [5.74, 6) is -0.915. The average Bonchev–Trinajstić information content (AvgIpc) is 2.67.